The first kappa shape index (κ1) is 24.7. The van der Waals surface area contributed by atoms with E-state index in [9.17, 15) is 14.4 Å². The van der Waals surface area contributed by atoms with Crippen LogP contribution in [0.25, 0.3) is 0 Å². The summed E-state index contributed by atoms with van der Waals surface area (Å²) in [6.07, 6.45) is 1.69. The normalized spacial score (nSPS) is 10.4. The highest BCUT2D eigenvalue weighted by molar-refractivity contribution is 7.99. The molecule has 0 aliphatic carbocycles. The highest BCUT2D eigenvalue weighted by Gasteiger charge is 2.16. The highest BCUT2D eigenvalue weighted by atomic mass is 32.2. The largest absolute Gasteiger partial charge is 0.465 e. The van der Waals surface area contributed by atoms with Crippen LogP contribution in [0.5, 0.6) is 0 Å². The Morgan fingerprint density at radius 3 is 2.68 bits per heavy atom. The number of esters is 1. The molecule has 1 heterocycles. The lowest BCUT2D eigenvalue weighted by Crippen LogP contribution is -2.25. The second-order valence-corrected chi connectivity index (χ2v) is 8.15. The predicted octanol–water partition coefficient (Wildman–Crippen LogP) is 3.22. The molecule has 2 amide bonds. The summed E-state index contributed by atoms with van der Waals surface area (Å²) in [5.74, 6) is -0.322. The van der Waals surface area contributed by atoms with Crippen molar-refractivity contribution in [3.05, 3.63) is 83.7 Å². The van der Waals surface area contributed by atoms with Crippen molar-refractivity contribution < 1.29 is 19.1 Å². The van der Waals surface area contributed by atoms with Crippen LogP contribution in [0, 0.1) is 6.92 Å². The van der Waals surface area contributed by atoms with Crippen molar-refractivity contribution in [1.82, 2.24) is 20.1 Å². The number of anilines is 1. The number of amides is 2. The Bertz CT molecular complexity index is 1210. The lowest BCUT2D eigenvalue weighted by atomic mass is 10.1. The fraction of sp³-hybridized carbons (Fsp3) is 0.208. The minimum Gasteiger partial charge on any atom is -0.465 e. The van der Waals surface area contributed by atoms with Gasteiger partial charge in [-0.1, -0.05) is 42.1 Å². The van der Waals surface area contributed by atoms with Gasteiger partial charge in [0, 0.05) is 17.8 Å². The number of nitrogens with zero attached hydrogens (tertiary/aromatic N) is 3. The summed E-state index contributed by atoms with van der Waals surface area (Å²) in [5.41, 5.74) is 2.31. The number of benzene rings is 2. The maximum absolute atomic E-state index is 12.5. The van der Waals surface area contributed by atoms with Crippen LogP contribution >= 0.6 is 11.8 Å². The van der Waals surface area contributed by atoms with Crippen molar-refractivity contribution in [1.29, 1.82) is 0 Å². The molecule has 0 atom stereocenters. The van der Waals surface area contributed by atoms with Crippen molar-refractivity contribution in [3.8, 4) is 0 Å². The predicted molar refractivity (Wildman–Crippen MR) is 130 cm³/mol. The Morgan fingerprint density at radius 1 is 1.15 bits per heavy atom. The summed E-state index contributed by atoms with van der Waals surface area (Å²) >= 11 is 1.21. The van der Waals surface area contributed by atoms with Crippen molar-refractivity contribution in [2.24, 2.45) is 0 Å². The van der Waals surface area contributed by atoms with E-state index in [1.807, 2.05) is 25.1 Å². The molecule has 0 aliphatic heterocycles. The smallest absolute Gasteiger partial charge is 0.337 e. The molecule has 2 aromatic carbocycles. The number of ether oxygens (including phenoxy) is 1. The Labute approximate surface area is 201 Å². The molecule has 0 unspecified atom stereocenters. The number of methoxy groups -OCH3 is 1. The van der Waals surface area contributed by atoms with Crippen LogP contribution in [0.2, 0.25) is 0 Å². The second kappa shape index (κ2) is 11.8. The van der Waals surface area contributed by atoms with E-state index in [-0.39, 0.29) is 24.1 Å². The van der Waals surface area contributed by atoms with Crippen LogP contribution in [-0.2, 0) is 22.6 Å². The van der Waals surface area contributed by atoms with Gasteiger partial charge in [0.1, 0.15) is 0 Å². The number of nitrogens with one attached hydrogen (secondary N) is 2. The van der Waals surface area contributed by atoms with Crippen LogP contribution < -0.4 is 10.6 Å². The van der Waals surface area contributed by atoms with Gasteiger partial charge in [-0.05, 0) is 36.8 Å². The average Bonchev–Trinajstić information content (AvgIpc) is 3.22. The van der Waals surface area contributed by atoms with Crippen LogP contribution in [0.15, 0.2) is 66.3 Å². The zero-order valence-corrected chi connectivity index (χ0v) is 19.7. The Hall–Kier alpha value is -3.92. The summed E-state index contributed by atoms with van der Waals surface area (Å²) in [6, 6.07) is 13.8. The zero-order chi connectivity index (χ0) is 24.5. The lowest BCUT2D eigenvalue weighted by molar-refractivity contribution is -0.113. The Morgan fingerprint density at radius 2 is 1.94 bits per heavy atom. The van der Waals surface area contributed by atoms with Gasteiger partial charge in [0.25, 0.3) is 5.91 Å². The summed E-state index contributed by atoms with van der Waals surface area (Å²) in [6.45, 7) is 6.24. The molecule has 0 fully saturated rings. The summed E-state index contributed by atoms with van der Waals surface area (Å²) < 4.78 is 6.49. The molecular formula is C24H25N5O4S. The summed E-state index contributed by atoms with van der Waals surface area (Å²) in [4.78, 5) is 36.6. The SMILES string of the molecule is C=CCn1c(CNC(=O)c2ccccc2C)nnc1SCC(=O)Nc1cccc(C(=O)OC)c1. The first-order valence-electron chi connectivity index (χ1n) is 10.4. The molecular weight excluding hydrogens is 454 g/mol. The molecule has 176 valence electrons. The van der Waals surface area contributed by atoms with Crippen LogP contribution in [0.4, 0.5) is 5.69 Å². The molecule has 34 heavy (non-hydrogen) atoms. The Kier molecular flexibility index (Phi) is 8.58. The number of rotatable bonds is 10. The van der Waals surface area contributed by atoms with Gasteiger partial charge in [-0.2, -0.15) is 0 Å². The maximum Gasteiger partial charge on any atom is 0.337 e. The fourth-order valence-electron chi connectivity index (χ4n) is 3.12. The van der Waals surface area contributed by atoms with E-state index in [0.717, 1.165) is 5.56 Å². The van der Waals surface area contributed by atoms with E-state index >= 15 is 0 Å². The van der Waals surface area contributed by atoms with E-state index in [2.05, 4.69) is 27.4 Å². The molecule has 1 aromatic heterocycles. The van der Waals surface area contributed by atoms with Crippen LogP contribution in [-0.4, -0.2) is 45.4 Å². The van der Waals surface area contributed by atoms with Crippen LogP contribution in [0.3, 0.4) is 0 Å². The van der Waals surface area contributed by atoms with Crippen LogP contribution in [0.1, 0.15) is 32.1 Å². The third-order valence-electron chi connectivity index (χ3n) is 4.80. The lowest BCUT2D eigenvalue weighted by Gasteiger charge is -2.10. The number of aromatic nitrogens is 3. The Balaban J connectivity index is 1.61. The number of hydrogen-bond donors (Lipinski definition) is 2. The topological polar surface area (TPSA) is 115 Å². The molecule has 3 rings (SSSR count). The molecule has 3 aromatic rings. The van der Waals surface area contributed by atoms with E-state index in [0.29, 0.717) is 34.3 Å². The molecule has 0 radical (unpaired) electrons. The highest BCUT2D eigenvalue weighted by Crippen LogP contribution is 2.19. The minimum atomic E-state index is -0.481. The first-order chi connectivity index (χ1) is 16.4. The molecule has 0 saturated heterocycles. The minimum absolute atomic E-state index is 0.0767. The van der Waals surface area contributed by atoms with E-state index < -0.39 is 5.97 Å². The molecule has 0 aliphatic rings. The second-order valence-electron chi connectivity index (χ2n) is 7.20. The monoisotopic (exact) mass is 479 g/mol. The molecule has 0 saturated carbocycles. The van der Waals surface area contributed by atoms with Gasteiger partial charge in [-0.3, -0.25) is 9.59 Å². The first-order valence-corrected chi connectivity index (χ1v) is 11.4. The van der Waals surface area contributed by atoms with Gasteiger partial charge in [0.2, 0.25) is 5.91 Å². The van der Waals surface area contributed by atoms with Gasteiger partial charge in [-0.15, -0.1) is 16.8 Å². The third kappa shape index (κ3) is 6.32. The van der Waals surface area contributed by atoms with Gasteiger partial charge in [-0.25, -0.2) is 4.79 Å². The standard InChI is InChI=1S/C24H25N5O4S/c1-4-12-29-20(14-25-22(31)19-11-6-5-8-16(19)2)27-28-24(29)34-15-21(30)26-18-10-7-9-17(13-18)23(32)33-3/h4-11,13H,1,12,14-15H2,2-3H3,(H,25,31)(H,26,30). The fourth-order valence-corrected chi connectivity index (χ4v) is 3.89. The van der Waals surface area contributed by atoms with Gasteiger partial charge < -0.3 is 19.9 Å². The zero-order valence-electron chi connectivity index (χ0n) is 18.9. The molecule has 0 spiro atoms. The number of hydrogen-bond acceptors (Lipinski definition) is 7. The van der Waals surface area contributed by atoms with Crippen molar-refractivity contribution >= 4 is 35.2 Å². The number of carbonyl (C=O) groups excluding carboxylic acids is 3. The summed E-state index contributed by atoms with van der Waals surface area (Å²) in [7, 11) is 1.30. The molecule has 10 heteroatoms. The maximum atomic E-state index is 12.5. The molecule has 0 bridgehead atoms. The van der Waals surface area contributed by atoms with Gasteiger partial charge in [0.15, 0.2) is 11.0 Å². The molecule has 2 N–H and O–H groups in total. The van der Waals surface area contributed by atoms with E-state index in [1.165, 1.54) is 18.9 Å². The third-order valence-corrected chi connectivity index (χ3v) is 5.77. The van der Waals surface area contributed by atoms with Crippen molar-refractivity contribution in [3.63, 3.8) is 0 Å². The number of carbonyl (C=O) groups is 3. The number of aryl methyl sites for hydroxylation is 1. The summed E-state index contributed by atoms with van der Waals surface area (Å²) in [5, 5.41) is 14.5. The quantitative estimate of drug-likeness (QED) is 0.261. The van der Waals surface area contributed by atoms with Crippen molar-refractivity contribution in [2.45, 2.75) is 25.2 Å². The van der Waals surface area contributed by atoms with E-state index in [4.69, 9.17) is 4.74 Å². The van der Waals surface area contributed by atoms with E-state index in [1.54, 1.807) is 41.0 Å². The molecule has 9 nitrogen and oxygen atoms in total. The number of thioether (sulfide) groups is 1. The average molecular weight is 480 g/mol. The van der Waals surface area contributed by atoms with Gasteiger partial charge in [0.05, 0.1) is 25.0 Å². The van der Waals surface area contributed by atoms with Crippen molar-refractivity contribution in [2.75, 3.05) is 18.2 Å². The number of allylic oxidation sites excluding steroid dienone is 1. The van der Waals surface area contributed by atoms with Gasteiger partial charge >= 0.3 is 5.97 Å².